The number of hydrogen-bond acceptors (Lipinski definition) is 3. The number of benzene rings is 1. The van der Waals surface area contributed by atoms with E-state index in [4.69, 9.17) is 0 Å². The standard InChI is InChI=1S/C27H31N3/c1-21(23-10-4-3-5-11-23)22(2)27-18-24(27)14-17-30(19-25-12-6-8-15-28-25)20-26-13-7-9-16-29-26/h3-13,15-16,24,27H,14,17-20H2,1-2H3/b22-21+. The van der Waals surface area contributed by atoms with E-state index >= 15 is 0 Å². The summed E-state index contributed by atoms with van der Waals surface area (Å²) in [6.07, 6.45) is 6.30. The third-order valence-corrected chi connectivity index (χ3v) is 6.32. The summed E-state index contributed by atoms with van der Waals surface area (Å²) in [5, 5.41) is 0. The largest absolute Gasteiger partial charge is 0.292 e. The summed E-state index contributed by atoms with van der Waals surface area (Å²) in [5.41, 5.74) is 6.61. The Hall–Kier alpha value is -2.78. The van der Waals surface area contributed by atoms with Crippen molar-refractivity contribution in [3.05, 3.63) is 102 Å². The minimum Gasteiger partial charge on any atom is -0.292 e. The minimum absolute atomic E-state index is 0.733. The van der Waals surface area contributed by atoms with Gasteiger partial charge in [0.2, 0.25) is 0 Å². The molecule has 2 aromatic heterocycles. The fraction of sp³-hybridized carbons (Fsp3) is 0.333. The molecule has 0 bridgehead atoms. The van der Waals surface area contributed by atoms with Crippen LogP contribution in [0, 0.1) is 11.8 Å². The number of pyridine rings is 2. The SMILES string of the molecule is C/C(=C(/C)C1CC1CCN(Cc1ccccn1)Cc1ccccn1)c1ccccc1. The molecule has 1 aliphatic carbocycles. The maximum absolute atomic E-state index is 4.53. The quantitative estimate of drug-likeness (QED) is 0.443. The normalized spacial score (nSPS) is 18.9. The minimum atomic E-state index is 0.733. The molecule has 3 aromatic rings. The van der Waals surface area contributed by atoms with Gasteiger partial charge in [0.25, 0.3) is 0 Å². The fourth-order valence-corrected chi connectivity index (χ4v) is 4.29. The lowest BCUT2D eigenvalue weighted by Gasteiger charge is -2.22. The van der Waals surface area contributed by atoms with Crippen molar-refractivity contribution >= 4 is 5.57 Å². The van der Waals surface area contributed by atoms with E-state index in [1.807, 2.05) is 24.5 Å². The van der Waals surface area contributed by atoms with Gasteiger partial charge in [0.05, 0.1) is 11.4 Å². The molecule has 3 heteroatoms. The van der Waals surface area contributed by atoms with E-state index in [1.165, 1.54) is 24.0 Å². The van der Waals surface area contributed by atoms with Crippen molar-refractivity contribution in [2.45, 2.75) is 39.8 Å². The summed E-state index contributed by atoms with van der Waals surface area (Å²) >= 11 is 0. The highest BCUT2D eigenvalue weighted by atomic mass is 15.1. The van der Waals surface area contributed by atoms with Crippen molar-refractivity contribution in [2.24, 2.45) is 11.8 Å². The number of rotatable bonds is 9. The Labute approximate surface area is 180 Å². The first-order chi connectivity index (χ1) is 14.7. The van der Waals surface area contributed by atoms with Gasteiger partial charge in [-0.3, -0.25) is 14.9 Å². The Kier molecular flexibility index (Phi) is 6.70. The van der Waals surface area contributed by atoms with E-state index < -0.39 is 0 Å². The molecule has 4 rings (SSSR count). The molecule has 1 fully saturated rings. The second-order valence-corrected chi connectivity index (χ2v) is 8.42. The fourth-order valence-electron chi connectivity index (χ4n) is 4.29. The van der Waals surface area contributed by atoms with Crippen molar-refractivity contribution in [2.75, 3.05) is 6.54 Å². The van der Waals surface area contributed by atoms with Crippen molar-refractivity contribution in [3.63, 3.8) is 0 Å². The smallest absolute Gasteiger partial charge is 0.0544 e. The van der Waals surface area contributed by atoms with Gasteiger partial charge >= 0.3 is 0 Å². The molecule has 1 aromatic carbocycles. The van der Waals surface area contributed by atoms with Crippen LogP contribution >= 0.6 is 0 Å². The summed E-state index contributed by atoms with van der Waals surface area (Å²) in [6.45, 7) is 7.41. The zero-order valence-corrected chi connectivity index (χ0v) is 18.0. The molecule has 0 radical (unpaired) electrons. The van der Waals surface area contributed by atoms with Crippen LogP contribution in [0.1, 0.15) is 43.6 Å². The zero-order chi connectivity index (χ0) is 20.8. The summed E-state index contributed by atoms with van der Waals surface area (Å²) in [5.74, 6) is 1.52. The van der Waals surface area contributed by atoms with Crippen molar-refractivity contribution < 1.29 is 0 Å². The molecule has 0 aliphatic heterocycles. The van der Waals surface area contributed by atoms with Gasteiger partial charge in [-0.1, -0.05) is 48.0 Å². The van der Waals surface area contributed by atoms with Crippen LogP contribution in [-0.2, 0) is 13.1 Å². The molecular weight excluding hydrogens is 366 g/mol. The lowest BCUT2D eigenvalue weighted by atomic mass is 9.98. The van der Waals surface area contributed by atoms with Crippen LogP contribution in [0.2, 0.25) is 0 Å². The maximum atomic E-state index is 4.53. The number of allylic oxidation sites excluding steroid dienone is 2. The Morgan fingerprint density at radius 2 is 1.43 bits per heavy atom. The number of hydrogen-bond donors (Lipinski definition) is 0. The van der Waals surface area contributed by atoms with Crippen molar-refractivity contribution in [1.82, 2.24) is 14.9 Å². The van der Waals surface area contributed by atoms with Gasteiger partial charge < -0.3 is 0 Å². The Balaban J connectivity index is 1.38. The van der Waals surface area contributed by atoms with Gasteiger partial charge in [-0.15, -0.1) is 0 Å². The molecule has 0 N–H and O–H groups in total. The van der Waals surface area contributed by atoms with Gasteiger partial charge in [0.1, 0.15) is 0 Å². The Morgan fingerprint density at radius 3 is 2.00 bits per heavy atom. The zero-order valence-electron chi connectivity index (χ0n) is 18.0. The molecule has 0 saturated heterocycles. The maximum Gasteiger partial charge on any atom is 0.0544 e. The van der Waals surface area contributed by atoms with E-state index in [-0.39, 0.29) is 0 Å². The molecular formula is C27H31N3. The first-order valence-corrected chi connectivity index (χ1v) is 11.0. The summed E-state index contributed by atoms with van der Waals surface area (Å²) in [4.78, 5) is 11.6. The second-order valence-electron chi connectivity index (χ2n) is 8.42. The number of nitrogens with zero attached hydrogens (tertiary/aromatic N) is 3. The van der Waals surface area contributed by atoms with Gasteiger partial charge in [0, 0.05) is 25.5 Å². The van der Waals surface area contributed by atoms with E-state index in [1.54, 1.807) is 5.57 Å². The van der Waals surface area contributed by atoms with E-state index in [9.17, 15) is 0 Å². The van der Waals surface area contributed by atoms with E-state index in [0.717, 1.165) is 42.9 Å². The second kappa shape index (κ2) is 9.82. The first-order valence-electron chi connectivity index (χ1n) is 11.0. The lowest BCUT2D eigenvalue weighted by Crippen LogP contribution is -2.25. The van der Waals surface area contributed by atoms with Crippen molar-refractivity contribution in [3.8, 4) is 0 Å². The molecule has 0 spiro atoms. The highest BCUT2D eigenvalue weighted by Gasteiger charge is 2.38. The Morgan fingerprint density at radius 1 is 0.833 bits per heavy atom. The van der Waals surface area contributed by atoms with Crippen molar-refractivity contribution in [1.29, 1.82) is 0 Å². The summed E-state index contributed by atoms with van der Waals surface area (Å²) in [7, 11) is 0. The van der Waals surface area contributed by atoms with Crippen LogP contribution in [0.25, 0.3) is 5.57 Å². The highest BCUT2D eigenvalue weighted by Crippen LogP contribution is 2.48. The van der Waals surface area contributed by atoms with Crippen LogP contribution in [-0.4, -0.2) is 21.4 Å². The molecule has 154 valence electrons. The number of aromatic nitrogens is 2. The molecule has 2 heterocycles. The van der Waals surface area contributed by atoms with Crippen LogP contribution in [0.4, 0.5) is 0 Å². The lowest BCUT2D eigenvalue weighted by molar-refractivity contribution is 0.241. The topological polar surface area (TPSA) is 29.0 Å². The highest BCUT2D eigenvalue weighted by molar-refractivity contribution is 5.67. The van der Waals surface area contributed by atoms with Gasteiger partial charge in [-0.05, 0) is 80.5 Å². The third kappa shape index (κ3) is 5.43. The third-order valence-electron chi connectivity index (χ3n) is 6.32. The van der Waals surface area contributed by atoms with Gasteiger partial charge in [0.15, 0.2) is 0 Å². The molecule has 1 saturated carbocycles. The van der Waals surface area contributed by atoms with Crippen LogP contribution in [0.5, 0.6) is 0 Å². The van der Waals surface area contributed by atoms with Crippen LogP contribution < -0.4 is 0 Å². The monoisotopic (exact) mass is 397 g/mol. The first kappa shape index (κ1) is 20.5. The van der Waals surface area contributed by atoms with Gasteiger partial charge in [-0.2, -0.15) is 0 Å². The molecule has 2 unspecified atom stereocenters. The van der Waals surface area contributed by atoms with Crippen LogP contribution in [0.3, 0.4) is 0 Å². The molecule has 30 heavy (non-hydrogen) atoms. The summed E-state index contributed by atoms with van der Waals surface area (Å²) < 4.78 is 0. The molecule has 0 amide bonds. The molecule has 2 atom stereocenters. The average molecular weight is 398 g/mol. The average Bonchev–Trinajstić information content (AvgIpc) is 3.58. The molecule has 3 nitrogen and oxygen atoms in total. The van der Waals surface area contributed by atoms with Crippen LogP contribution in [0.15, 0.2) is 84.7 Å². The van der Waals surface area contributed by atoms with E-state index in [2.05, 4.69) is 83.3 Å². The predicted octanol–water partition coefficient (Wildman–Crippen LogP) is 6.00. The predicted molar refractivity (Wildman–Crippen MR) is 124 cm³/mol. The van der Waals surface area contributed by atoms with Gasteiger partial charge in [-0.25, -0.2) is 0 Å². The molecule has 1 aliphatic rings. The Bertz CT molecular complexity index is 910. The summed E-state index contributed by atoms with van der Waals surface area (Å²) in [6, 6.07) is 23.1. The van der Waals surface area contributed by atoms with E-state index in [0.29, 0.717) is 0 Å².